The van der Waals surface area contributed by atoms with E-state index in [1.54, 1.807) is 6.07 Å². The topological polar surface area (TPSA) is 48.0 Å². The predicted octanol–water partition coefficient (Wildman–Crippen LogP) is 3.51. The molecule has 1 fully saturated rings. The number of hydrogen-bond acceptors (Lipinski definition) is 2. The molecule has 3 rings (SSSR count). The molecule has 2 aromatic rings. The van der Waals surface area contributed by atoms with Crippen LogP contribution in [0.1, 0.15) is 24.5 Å². The summed E-state index contributed by atoms with van der Waals surface area (Å²) < 4.78 is 0. The second kappa shape index (κ2) is 5.33. The molecule has 102 valence electrons. The van der Waals surface area contributed by atoms with E-state index in [2.05, 4.69) is 10.3 Å². The lowest BCUT2D eigenvalue weighted by Gasteiger charge is -2.27. The number of aromatic amines is 1. The Morgan fingerprint density at radius 3 is 2.68 bits per heavy atom. The van der Waals surface area contributed by atoms with Crippen molar-refractivity contribution in [2.24, 2.45) is 5.92 Å². The van der Waals surface area contributed by atoms with Gasteiger partial charge in [0.2, 0.25) is 0 Å². The number of H-pyrrole nitrogens is 1. The molecule has 0 bridgehead atoms. The molecule has 5 heteroatoms. The molecule has 0 radical (unpaired) electrons. The van der Waals surface area contributed by atoms with E-state index in [1.807, 2.05) is 12.3 Å². The SMILES string of the molecule is OC(c1c[nH]c2cc(Cl)cc(Cl)c12)C1CCNCC1. The van der Waals surface area contributed by atoms with Crippen molar-refractivity contribution in [2.75, 3.05) is 13.1 Å². The third-order valence-corrected chi connectivity index (χ3v) is 4.39. The van der Waals surface area contributed by atoms with Crippen molar-refractivity contribution in [3.63, 3.8) is 0 Å². The third kappa shape index (κ3) is 2.48. The molecule has 0 spiro atoms. The van der Waals surface area contributed by atoms with Crippen LogP contribution in [0.15, 0.2) is 18.3 Å². The predicted molar refractivity (Wildman–Crippen MR) is 78.9 cm³/mol. The number of aromatic nitrogens is 1. The Morgan fingerprint density at radius 1 is 1.21 bits per heavy atom. The molecular formula is C14H16Cl2N2O. The summed E-state index contributed by atoms with van der Waals surface area (Å²) in [6.07, 6.45) is 3.34. The lowest BCUT2D eigenvalue weighted by Crippen LogP contribution is -2.30. The van der Waals surface area contributed by atoms with Gasteiger partial charge in [0.1, 0.15) is 0 Å². The largest absolute Gasteiger partial charge is 0.388 e. The normalized spacial score (nSPS) is 18.9. The molecule has 0 aliphatic carbocycles. The van der Waals surface area contributed by atoms with Crippen LogP contribution in [0.3, 0.4) is 0 Å². The van der Waals surface area contributed by atoms with Crippen LogP contribution < -0.4 is 5.32 Å². The first kappa shape index (κ1) is 13.3. The van der Waals surface area contributed by atoms with Crippen molar-refractivity contribution in [1.82, 2.24) is 10.3 Å². The lowest BCUT2D eigenvalue weighted by atomic mass is 9.88. The van der Waals surface area contributed by atoms with Crippen LogP contribution in [0.25, 0.3) is 10.9 Å². The Bertz CT molecular complexity index is 590. The highest BCUT2D eigenvalue weighted by Crippen LogP contribution is 2.37. The van der Waals surface area contributed by atoms with Crippen LogP contribution in [0.2, 0.25) is 10.0 Å². The van der Waals surface area contributed by atoms with Gasteiger partial charge in [0.05, 0.1) is 11.1 Å². The van der Waals surface area contributed by atoms with Crippen LogP contribution >= 0.6 is 23.2 Å². The molecule has 3 nitrogen and oxygen atoms in total. The monoisotopic (exact) mass is 298 g/mol. The van der Waals surface area contributed by atoms with Crippen molar-refractivity contribution in [3.05, 3.63) is 33.9 Å². The van der Waals surface area contributed by atoms with Crippen molar-refractivity contribution in [1.29, 1.82) is 0 Å². The second-order valence-electron chi connectivity index (χ2n) is 5.09. The lowest BCUT2D eigenvalue weighted by molar-refractivity contribution is 0.0902. The van der Waals surface area contributed by atoms with Gasteiger partial charge in [-0.25, -0.2) is 0 Å². The standard InChI is InChI=1S/C14H16Cl2N2O/c15-9-5-11(16)13-10(7-18-12(13)6-9)14(19)8-1-3-17-4-2-8/h5-8,14,17-19H,1-4H2. The molecule has 1 aromatic carbocycles. The van der Waals surface area contributed by atoms with E-state index in [4.69, 9.17) is 23.2 Å². The van der Waals surface area contributed by atoms with Crippen LogP contribution in [-0.2, 0) is 0 Å². The number of piperidine rings is 1. The fourth-order valence-electron chi connectivity index (χ4n) is 2.86. The fourth-order valence-corrected chi connectivity index (χ4v) is 3.46. The number of aliphatic hydroxyl groups excluding tert-OH is 1. The average Bonchev–Trinajstić information content (AvgIpc) is 2.83. The maximum absolute atomic E-state index is 10.6. The summed E-state index contributed by atoms with van der Waals surface area (Å²) in [5, 5.41) is 16.0. The molecule has 3 N–H and O–H groups in total. The van der Waals surface area contributed by atoms with Gasteiger partial charge in [0, 0.05) is 27.7 Å². The van der Waals surface area contributed by atoms with Gasteiger partial charge in [-0.3, -0.25) is 0 Å². The molecule has 1 aromatic heterocycles. The number of hydrogen-bond donors (Lipinski definition) is 3. The summed E-state index contributed by atoms with van der Waals surface area (Å²) in [7, 11) is 0. The van der Waals surface area contributed by atoms with E-state index in [-0.39, 0.29) is 5.92 Å². The van der Waals surface area contributed by atoms with Gasteiger partial charge in [-0.15, -0.1) is 0 Å². The first-order valence-electron chi connectivity index (χ1n) is 6.51. The molecule has 0 amide bonds. The van der Waals surface area contributed by atoms with Gasteiger partial charge >= 0.3 is 0 Å². The minimum absolute atomic E-state index is 0.284. The first-order valence-corrected chi connectivity index (χ1v) is 7.27. The molecule has 1 unspecified atom stereocenters. The van der Waals surface area contributed by atoms with Gasteiger partial charge in [-0.05, 0) is 44.0 Å². The molecule has 19 heavy (non-hydrogen) atoms. The van der Waals surface area contributed by atoms with Crippen LogP contribution in [-0.4, -0.2) is 23.2 Å². The molecule has 1 aliphatic rings. The summed E-state index contributed by atoms with van der Waals surface area (Å²) in [5.74, 6) is 0.284. The summed E-state index contributed by atoms with van der Waals surface area (Å²) in [4.78, 5) is 3.15. The van der Waals surface area contributed by atoms with E-state index >= 15 is 0 Å². The van der Waals surface area contributed by atoms with Gasteiger partial charge in [0.15, 0.2) is 0 Å². The van der Waals surface area contributed by atoms with E-state index in [0.717, 1.165) is 42.4 Å². The number of fused-ring (bicyclic) bond motifs is 1. The third-order valence-electron chi connectivity index (χ3n) is 3.88. The summed E-state index contributed by atoms with van der Waals surface area (Å²) in [5.41, 5.74) is 1.75. The van der Waals surface area contributed by atoms with Gasteiger partial charge in [-0.2, -0.15) is 0 Å². The number of halogens is 2. The number of aliphatic hydroxyl groups is 1. The highest BCUT2D eigenvalue weighted by molar-refractivity contribution is 6.38. The van der Waals surface area contributed by atoms with E-state index in [0.29, 0.717) is 10.0 Å². The quantitative estimate of drug-likeness (QED) is 0.795. The number of benzene rings is 1. The van der Waals surface area contributed by atoms with E-state index < -0.39 is 6.10 Å². The average molecular weight is 299 g/mol. The summed E-state index contributed by atoms with van der Waals surface area (Å²) in [6.45, 7) is 1.92. The Hall–Kier alpha value is -0.740. The minimum Gasteiger partial charge on any atom is -0.388 e. The van der Waals surface area contributed by atoms with Gasteiger partial charge in [-0.1, -0.05) is 23.2 Å². The number of nitrogens with one attached hydrogen (secondary N) is 2. The Kier molecular flexibility index (Phi) is 3.72. The highest BCUT2D eigenvalue weighted by atomic mass is 35.5. The zero-order valence-corrected chi connectivity index (χ0v) is 11.9. The fraction of sp³-hybridized carbons (Fsp3) is 0.429. The zero-order chi connectivity index (χ0) is 13.4. The van der Waals surface area contributed by atoms with E-state index in [1.165, 1.54) is 0 Å². The summed E-state index contributed by atoms with van der Waals surface area (Å²) >= 11 is 12.3. The summed E-state index contributed by atoms with van der Waals surface area (Å²) in [6, 6.07) is 3.55. The second-order valence-corrected chi connectivity index (χ2v) is 5.93. The van der Waals surface area contributed by atoms with Crippen molar-refractivity contribution in [2.45, 2.75) is 18.9 Å². The first-order chi connectivity index (χ1) is 9.16. The molecule has 1 saturated heterocycles. The molecule has 1 aliphatic heterocycles. The highest BCUT2D eigenvalue weighted by Gasteiger charge is 2.25. The van der Waals surface area contributed by atoms with Crippen molar-refractivity contribution >= 4 is 34.1 Å². The van der Waals surface area contributed by atoms with Crippen LogP contribution in [0.5, 0.6) is 0 Å². The van der Waals surface area contributed by atoms with Gasteiger partial charge < -0.3 is 15.4 Å². The Balaban J connectivity index is 2.00. The van der Waals surface area contributed by atoms with Crippen LogP contribution in [0, 0.1) is 5.92 Å². The van der Waals surface area contributed by atoms with Crippen LogP contribution in [0.4, 0.5) is 0 Å². The molecular weight excluding hydrogens is 283 g/mol. The van der Waals surface area contributed by atoms with E-state index in [9.17, 15) is 5.11 Å². The zero-order valence-electron chi connectivity index (χ0n) is 10.4. The maximum Gasteiger partial charge on any atom is 0.0840 e. The van der Waals surface area contributed by atoms with Crippen molar-refractivity contribution in [3.8, 4) is 0 Å². The maximum atomic E-state index is 10.6. The van der Waals surface area contributed by atoms with Gasteiger partial charge in [0.25, 0.3) is 0 Å². The Labute approximate surface area is 121 Å². The minimum atomic E-state index is -0.477. The molecule has 2 heterocycles. The molecule has 0 saturated carbocycles. The Morgan fingerprint density at radius 2 is 1.95 bits per heavy atom. The van der Waals surface area contributed by atoms with Crippen molar-refractivity contribution < 1.29 is 5.11 Å². The number of rotatable bonds is 2. The molecule has 1 atom stereocenters. The smallest absolute Gasteiger partial charge is 0.0840 e.